The van der Waals surface area contributed by atoms with Gasteiger partial charge in [0.25, 0.3) is 0 Å². The standard InChI is InChI=1S/C12H11ClFN5O2/c1-2-15-12-16-6-10(19(20)21)11(18-12)17-9-5-7(13)3-4-8(9)14/h3-6H,2H2,1H3,(H2,15,16,17,18). The Labute approximate surface area is 124 Å². The fraction of sp³-hybridized carbons (Fsp3) is 0.167. The van der Waals surface area contributed by atoms with Crippen molar-refractivity contribution in [2.45, 2.75) is 6.92 Å². The second kappa shape index (κ2) is 6.31. The molecule has 1 aromatic carbocycles. The third-order valence-electron chi connectivity index (χ3n) is 2.48. The molecule has 1 heterocycles. The molecule has 0 atom stereocenters. The minimum atomic E-state index is -0.652. The lowest BCUT2D eigenvalue weighted by Crippen LogP contribution is -2.07. The minimum absolute atomic E-state index is 0.00764. The van der Waals surface area contributed by atoms with Crippen LogP contribution in [0.5, 0.6) is 0 Å². The highest BCUT2D eigenvalue weighted by Gasteiger charge is 2.18. The molecule has 2 rings (SSSR count). The van der Waals surface area contributed by atoms with Crippen LogP contribution < -0.4 is 10.6 Å². The number of rotatable bonds is 5. The van der Waals surface area contributed by atoms with Crippen LogP contribution in [0.25, 0.3) is 0 Å². The maximum Gasteiger partial charge on any atom is 0.329 e. The molecule has 0 radical (unpaired) electrons. The van der Waals surface area contributed by atoms with Gasteiger partial charge in [-0.15, -0.1) is 0 Å². The molecule has 0 fully saturated rings. The molecular formula is C12H11ClFN5O2. The van der Waals surface area contributed by atoms with E-state index in [4.69, 9.17) is 11.6 Å². The van der Waals surface area contributed by atoms with Crippen molar-refractivity contribution in [1.82, 2.24) is 9.97 Å². The molecule has 110 valence electrons. The molecule has 2 N–H and O–H groups in total. The molecule has 0 spiro atoms. The first-order valence-corrected chi connectivity index (χ1v) is 6.36. The third-order valence-corrected chi connectivity index (χ3v) is 2.72. The second-order valence-corrected chi connectivity index (χ2v) is 4.40. The fourth-order valence-corrected chi connectivity index (χ4v) is 1.74. The SMILES string of the molecule is CCNc1ncc([N+](=O)[O-])c(Nc2cc(Cl)ccc2F)n1. The van der Waals surface area contributed by atoms with Gasteiger partial charge in [-0.3, -0.25) is 10.1 Å². The van der Waals surface area contributed by atoms with Crippen molar-refractivity contribution < 1.29 is 9.31 Å². The number of nitro groups is 1. The third kappa shape index (κ3) is 3.54. The van der Waals surface area contributed by atoms with Gasteiger partial charge < -0.3 is 10.6 Å². The Kier molecular flexibility index (Phi) is 4.49. The van der Waals surface area contributed by atoms with Crippen LogP contribution in [0.3, 0.4) is 0 Å². The van der Waals surface area contributed by atoms with Gasteiger partial charge in [-0.05, 0) is 25.1 Å². The molecule has 0 bridgehead atoms. The van der Waals surface area contributed by atoms with E-state index in [0.29, 0.717) is 11.6 Å². The van der Waals surface area contributed by atoms with E-state index in [0.717, 1.165) is 12.3 Å². The summed E-state index contributed by atoms with van der Waals surface area (Å²) in [5.41, 5.74) is -0.372. The van der Waals surface area contributed by atoms with Crippen LogP contribution in [0, 0.1) is 15.9 Å². The Hall–Kier alpha value is -2.48. The molecule has 0 saturated carbocycles. The average Bonchev–Trinajstić information content (AvgIpc) is 2.43. The first kappa shape index (κ1) is 14.9. The summed E-state index contributed by atoms with van der Waals surface area (Å²) in [5, 5.41) is 16.7. The van der Waals surface area contributed by atoms with Crippen LogP contribution in [0.2, 0.25) is 5.02 Å². The number of benzene rings is 1. The topological polar surface area (TPSA) is 93.0 Å². The molecule has 0 aliphatic carbocycles. The molecule has 21 heavy (non-hydrogen) atoms. The maximum absolute atomic E-state index is 13.7. The molecule has 2 aromatic rings. The van der Waals surface area contributed by atoms with E-state index in [9.17, 15) is 14.5 Å². The molecule has 1 aromatic heterocycles. The Morgan fingerprint density at radius 2 is 2.24 bits per heavy atom. The van der Waals surface area contributed by atoms with E-state index >= 15 is 0 Å². The van der Waals surface area contributed by atoms with E-state index in [1.54, 1.807) is 0 Å². The summed E-state index contributed by atoms with van der Waals surface area (Å²) in [5.74, 6) is -0.516. The first-order valence-electron chi connectivity index (χ1n) is 5.98. The van der Waals surface area contributed by atoms with Gasteiger partial charge >= 0.3 is 5.69 Å². The predicted molar refractivity (Wildman–Crippen MR) is 77.5 cm³/mol. The summed E-state index contributed by atoms with van der Waals surface area (Å²) in [6.45, 7) is 2.37. The van der Waals surface area contributed by atoms with E-state index in [1.165, 1.54) is 12.1 Å². The zero-order valence-corrected chi connectivity index (χ0v) is 11.7. The van der Waals surface area contributed by atoms with Gasteiger partial charge in [-0.1, -0.05) is 11.6 Å². The molecule has 0 aliphatic rings. The summed E-state index contributed by atoms with van der Waals surface area (Å²) in [6, 6.07) is 3.85. The molecule has 0 saturated heterocycles. The van der Waals surface area contributed by atoms with Gasteiger partial charge in [0, 0.05) is 11.6 Å². The lowest BCUT2D eigenvalue weighted by molar-refractivity contribution is -0.384. The van der Waals surface area contributed by atoms with Crippen LogP contribution in [0.1, 0.15) is 6.92 Å². The summed E-state index contributed by atoms with van der Waals surface area (Å²) < 4.78 is 13.7. The fourth-order valence-electron chi connectivity index (χ4n) is 1.57. The van der Waals surface area contributed by atoms with Crippen molar-refractivity contribution in [2.75, 3.05) is 17.2 Å². The van der Waals surface area contributed by atoms with Gasteiger partial charge in [-0.25, -0.2) is 9.37 Å². The minimum Gasteiger partial charge on any atom is -0.354 e. The molecule has 9 heteroatoms. The van der Waals surface area contributed by atoms with Crippen LogP contribution in [-0.4, -0.2) is 21.4 Å². The Bertz CT molecular complexity index is 683. The Balaban J connectivity index is 2.43. The van der Waals surface area contributed by atoms with Gasteiger partial charge in [0.2, 0.25) is 11.8 Å². The van der Waals surface area contributed by atoms with Crippen molar-refractivity contribution in [3.05, 3.63) is 45.4 Å². The van der Waals surface area contributed by atoms with Crippen molar-refractivity contribution in [3.8, 4) is 0 Å². The van der Waals surface area contributed by atoms with Crippen molar-refractivity contribution in [1.29, 1.82) is 0 Å². The normalized spacial score (nSPS) is 10.2. The smallest absolute Gasteiger partial charge is 0.329 e. The Morgan fingerprint density at radius 1 is 1.48 bits per heavy atom. The largest absolute Gasteiger partial charge is 0.354 e. The van der Waals surface area contributed by atoms with Crippen LogP contribution in [-0.2, 0) is 0 Å². The maximum atomic E-state index is 13.7. The highest BCUT2D eigenvalue weighted by molar-refractivity contribution is 6.30. The number of nitrogens with one attached hydrogen (secondary N) is 2. The molecular weight excluding hydrogens is 301 g/mol. The summed E-state index contributed by atoms with van der Waals surface area (Å²) in [6.07, 6.45) is 1.05. The first-order chi connectivity index (χ1) is 10.0. The van der Waals surface area contributed by atoms with Gasteiger partial charge in [0.1, 0.15) is 12.0 Å². The van der Waals surface area contributed by atoms with Crippen LogP contribution in [0.15, 0.2) is 24.4 Å². The number of nitrogens with zero attached hydrogens (tertiary/aromatic N) is 3. The zero-order chi connectivity index (χ0) is 15.4. The Morgan fingerprint density at radius 3 is 2.90 bits per heavy atom. The quantitative estimate of drug-likeness (QED) is 0.649. The van der Waals surface area contributed by atoms with Crippen LogP contribution >= 0.6 is 11.6 Å². The number of hydrogen-bond donors (Lipinski definition) is 2. The van der Waals surface area contributed by atoms with E-state index in [-0.39, 0.29) is 23.1 Å². The van der Waals surface area contributed by atoms with E-state index in [1.807, 2.05) is 6.92 Å². The molecule has 0 amide bonds. The van der Waals surface area contributed by atoms with E-state index < -0.39 is 10.7 Å². The van der Waals surface area contributed by atoms with Crippen LogP contribution in [0.4, 0.5) is 27.5 Å². The second-order valence-electron chi connectivity index (χ2n) is 3.96. The van der Waals surface area contributed by atoms with E-state index in [2.05, 4.69) is 20.6 Å². The highest BCUT2D eigenvalue weighted by atomic mass is 35.5. The number of hydrogen-bond acceptors (Lipinski definition) is 6. The monoisotopic (exact) mass is 311 g/mol. The number of halogens is 2. The van der Waals surface area contributed by atoms with Gasteiger partial charge in [-0.2, -0.15) is 4.98 Å². The zero-order valence-electron chi connectivity index (χ0n) is 10.9. The molecule has 0 aliphatic heterocycles. The highest BCUT2D eigenvalue weighted by Crippen LogP contribution is 2.28. The molecule has 7 nitrogen and oxygen atoms in total. The van der Waals surface area contributed by atoms with Crippen molar-refractivity contribution in [3.63, 3.8) is 0 Å². The van der Waals surface area contributed by atoms with Gasteiger partial charge in [0.05, 0.1) is 10.6 Å². The number of aromatic nitrogens is 2. The predicted octanol–water partition coefficient (Wildman–Crippen LogP) is 3.35. The van der Waals surface area contributed by atoms with Crippen molar-refractivity contribution >= 4 is 34.7 Å². The lowest BCUT2D eigenvalue weighted by Gasteiger charge is -2.09. The summed E-state index contributed by atoms with van der Waals surface area (Å²) in [7, 11) is 0. The summed E-state index contributed by atoms with van der Waals surface area (Å²) in [4.78, 5) is 18.1. The van der Waals surface area contributed by atoms with Crippen molar-refractivity contribution in [2.24, 2.45) is 0 Å². The summed E-state index contributed by atoms with van der Waals surface area (Å²) >= 11 is 5.78. The lowest BCUT2D eigenvalue weighted by atomic mass is 10.3. The molecule has 0 unspecified atom stereocenters. The number of anilines is 3. The average molecular weight is 312 g/mol. The van der Waals surface area contributed by atoms with Gasteiger partial charge in [0.15, 0.2) is 0 Å².